The van der Waals surface area contributed by atoms with E-state index in [4.69, 9.17) is 9.72 Å². The maximum Gasteiger partial charge on any atom is 0.337 e. The minimum atomic E-state index is -0.989. The van der Waals surface area contributed by atoms with Crippen molar-refractivity contribution >= 4 is 23.1 Å². The first-order valence-corrected chi connectivity index (χ1v) is 13.0. The minimum Gasteiger partial charge on any atom is -0.478 e. The summed E-state index contributed by atoms with van der Waals surface area (Å²) in [6.07, 6.45) is 3.98. The maximum atomic E-state index is 13.5. The van der Waals surface area contributed by atoms with Crippen LogP contribution in [0.5, 0.6) is 0 Å². The highest BCUT2D eigenvalue weighted by Gasteiger charge is 2.28. The molecule has 2 fully saturated rings. The second-order valence-corrected chi connectivity index (χ2v) is 10.1. The van der Waals surface area contributed by atoms with Gasteiger partial charge < -0.3 is 20.1 Å². The number of nitrogens with one attached hydrogen (secondary N) is 1. The summed E-state index contributed by atoms with van der Waals surface area (Å²) < 4.78 is 7.15. The van der Waals surface area contributed by atoms with Crippen molar-refractivity contribution in [2.45, 2.75) is 45.7 Å². The van der Waals surface area contributed by atoms with E-state index in [9.17, 15) is 14.7 Å². The molecule has 9 heteroatoms. The van der Waals surface area contributed by atoms with Crippen molar-refractivity contribution in [2.24, 2.45) is 0 Å². The van der Waals surface area contributed by atoms with Crippen LogP contribution in [0.1, 0.15) is 52.9 Å². The van der Waals surface area contributed by atoms with Crippen LogP contribution in [0.15, 0.2) is 41.3 Å². The van der Waals surface area contributed by atoms with Crippen molar-refractivity contribution in [2.75, 3.05) is 49.6 Å². The Hall–Kier alpha value is -3.43. The molecule has 4 heterocycles. The maximum absolute atomic E-state index is 13.5. The van der Waals surface area contributed by atoms with Gasteiger partial charge in [-0.05, 0) is 57.4 Å². The summed E-state index contributed by atoms with van der Waals surface area (Å²) in [5.41, 5.74) is 3.68. The van der Waals surface area contributed by atoms with Gasteiger partial charge in [0.15, 0.2) is 0 Å². The molecule has 1 atom stereocenters. The smallest absolute Gasteiger partial charge is 0.337 e. The van der Waals surface area contributed by atoms with Crippen molar-refractivity contribution in [1.82, 2.24) is 14.3 Å². The zero-order valence-electron chi connectivity index (χ0n) is 21.7. The molecule has 196 valence electrons. The fraction of sp³-hybridized carbons (Fsp3) is 0.464. The Labute approximate surface area is 216 Å². The van der Waals surface area contributed by atoms with Gasteiger partial charge in [0.2, 0.25) is 0 Å². The second-order valence-electron chi connectivity index (χ2n) is 10.1. The molecule has 1 aromatic carbocycles. The van der Waals surface area contributed by atoms with Gasteiger partial charge in [-0.25, -0.2) is 9.78 Å². The molecule has 0 radical (unpaired) electrons. The first-order valence-electron chi connectivity index (χ1n) is 13.0. The number of piperazine rings is 1. The molecule has 0 aliphatic carbocycles. The molecule has 2 aliphatic rings. The lowest BCUT2D eigenvalue weighted by Gasteiger charge is -2.41. The number of rotatable bonds is 6. The van der Waals surface area contributed by atoms with Gasteiger partial charge >= 0.3 is 5.97 Å². The summed E-state index contributed by atoms with van der Waals surface area (Å²) in [5, 5.41) is 12.9. The highest BCUT2D eigenvalue weighted by Crippen LogP contribution is 2.28. The topological polar surface area (TPSA) is 99.4 Å². The number of aryl methyl sites for hydroxylation is 1. The lowest BCUT2D eigenvalue weighted by Crippen LogP contribution is -2.52. The Kier molecular flexibility index (Phi) is 7.17. The number of carboxylic acid groups (broad SMARTS) is 1. The molecule has 2 saturated heterocycles. The highest BCUT2D eigenvalue weighted by molar-refractivity contribution is 5.94. The Morgan fingerprint density at radius 3 is 2.54 bits per heavy atom. The summed E-state index contributed by atoms with van der Waals surface area (Å²) in [7, 11) is 0. The summed E-state index contributed by atoms with van der Waals surface area (Å²) in [5.74, 6) is -0.253. The van der Waals surface area contributed by atoms with Crippen LogP contribution in [0.25, 0.3) is 5.65 Å². The number of anilines is 2. The first kappa shape index (κ1) is 25.2. The van der Waals surface area contributed by atoms with Gasteiger partial charge in [-0.1, -0.05) is 12.1 Å². The first-order chi connectivity index (χ1) is 17.8. The number of para-hydroxylation sites is 1. The molecule has 0 spiro atoms. The molecule has 9 nitrogen and oxygen atoms in total. The summed E-state index contributed by atoms with van der Waals surface area (Å²) in [6, 6.07) is 9.16. The number of aromatic nitrogens is 2. The fourth-order valence-electron chi connectivity index (χ4n) is 5.57. The number of ether oxygens (including phenoxy) is 1. The third-order valence-corrected chi connectivity index (χ3v) is 7.61. The predicted octanol–water partition coefficient (Wildman–Crippen LogP) is 3.48. The Balaban J connectivity index is 1.47. The molecule has 2 N–H and O–H groups in total. The van der Waals surface area contributed by atoms with E-state index in [0.29, 0.717) is 22.9 Å². The van der Waals surface area contributed by atoms with E-state index in [2.05, 4.69) is 15.1 Å². The Morgan fingerprint density at radius 2 is 1.84 bits per heavy atom. The number of nitrogens with zero attached hydrogens (tertiary/aromatic N) is 4. The lowest BCUT2D eigenvalue weighted by atomic mass is 10.1. The number of hydrogen-bond acceptors (Lipinski definition) is 7. The van der Waals surface area contributed by atoms with Gasteiger partial charge in [0.05, 0.1) is 17.2 Å². The van der Waals surface area contributed by atoms with Crippen LogP contribution in [-0.2, 0) is 4.74 Å². The van der Waals surface area contributed by atoms with Crippen LogP contribution in [0.4, 0.5) is 11.5 Å². The molecule has 0 saturated carbocycles. The number of fused-ring (bicyclic) bond motifs is 1. The van der Waals surface area contributed by atoms with Crippen LogP contribution in [0.3, 0.4) is 0 Å². The number of carboxylic acids is 1. The van der Waals surface area contributed by atoms with Gasteiger partial charge in [0.25, 0.3) is 5.56 Å². The third kappa shape index (κ3) is 5.06. The highest BCUT2D eigenvalue weighted by atomic mass is 16.5. The number of hydrogen-bond donors (Lipinski definition) is 2. The molecule has 0 unspecified atom stereocenters. The molecule has 3 aromatic rings. The van der Waals surface area contributed by atoms with E-state index < -0.39 is 5.97 Å². The molecule has 2 aromatic heterocycles. The SMILES string of the molecule is Cc1cc([C@@H](C)Nc2ccccc2C(=O)O)c2nc(N3CCN(C4CCOCC4)CC3)c(C)c(=O)n2c1. The average Bonchev–Trinajstić information content (AvgIpc) is 2.91. The number of carbonyl (C=O) groups is 1. The number of pyridine rings is 1. The molecule has 37 heavy (non-hydrogen) atoms. The van der Waals surface area contributed by atoms with Crippen LogP contribution < -0.4 is 15.8 Å². The standard InChI is InChI=1S/C28H35N5O4/c1-18-16-23(20(3)29-24-7-5-4-6-22(24)28(35)36)26-30-25(19(2)27(34)33(26)17-18)32-12-10-31(11-13-32)21-8-14-37-15-9-21/h4-7,16-17,20-21,29H,8-15H2,1-3H3,(H,35,36)/t20-/m1/s1. The van der Waals surface area contributed by atoms with E-state index >= 15 is 0 Å². The van der Waals surface area contributed by atoms with Crippen molar-refractivity contribution in [1.29, 1.82) is 0 Å². The van der Waals surface area contributed by atoms with E-state index in [1.165, 1.54) is 0 Å². The van der Waals surface area contributed by atoms with Gasteiger partial charge in [-0.2, -0.15) is 0 Å². The molecule has 0 bridgehead atoms. The molecule has 2 aliphatic heterocycles. The summed E-state index contributed by atoms with van der Waals surface area (Å²) in [6.45, 7) is 11.0. The number of aromatic carboxylic acids is 1. The van der Waals surface area contributed by atoms with Crippen LogP contribution in [0.2, 0.25) is 0 Å². The van der Waals surface area contributed by atoms with Gasteiger partial charge in [-0.3, -0.25) is 14.1 Å². The normalized spacial score (nSPS) is 18.2. The van der Waals surface area contributed by atoms with Crippen LogP contribution in [0, 0.1) is 13.8 Å². The fourth-order valence-corrected chi connectivity index (χ4v) is 5.57. The van der Waals surface area contributed by atoms with E-state index in [0.717, 1.165) is 69.2 Å². The summed E-state index contributed by atoms with van der Waals surface area (Å²) >= 11 is 0. The summed E-state index contributed by atoms with van der Waals surface area (Å²) in [4.78, 5) is 35.1. The largest absolute Gasteiger partial charge is 0.478 e. The molecular formula is C28H35N5O4. The van der Waals surface area contributed by atoms with Crippen molar-refractivity contribution in [3.63, 3.8) is 0 Å². The van der Waals surface area contributed by atoms with Gasteiger partial charge in [0, 0.05) is 62.9 Å². The van der Waals surface area contributed by atoms with Gasteiger partial charge in [-0.15, -0.1) is 0 Å². The van der Waals surface area contributed by atoms with E-state index in [1.54, 1.807) is 28.7 Å². The van der Waals surface area contributed by atoms with Crippen molar-refractivity contribution in [3.8, 4) is 0 Å². The zero-order valence-corrected chi connectivity index (χ0v) is 21.7. The second kappa shape index (κ2) is 10.5. The Morgan fingerprint density at radius 1 is 1.14 bits per heavy atom. The molecular weight excluding hydrogens is 470 g/mol. The minimum absolute atomic E-state index is 0.0741. The van der Waals surface area contributed by atoms with E-state index in [1.807, 2.05) is 33.0 Å². The quantitative estimate of drug-likeness (QED) is 0.525. The number of benzene rings is 1. The molecule has 5 rings (SSSR count). The zero-order chi connectivity index (χ0) is 26.1. The predicted molar refractivity (Wildman–Crippen MR) is 144 cm³/mol. The van der Waals surface area contributed by atoms with Gasteiger partial charge in [0.1, 0.15) is 11.5 Å². The van der Waals surface area contributed by atoms with E-state index in [-0.39, 0.29) is 17.2 Å². The lowest BCUT2D eigenvalue weighted by molar-refractivity contribution is 0.0321. The van der Waals surface area contributed by atoms with Crippen LogP contribution >= 0.6 is 0 Å². The van der Waals surface area contributed by atoms with Crippen LogP contribution in [-0.4, -0.2) is 70.8 Å². The van der Waals surface area contributed by atoms with Crippen molar-refractivity contribution in [3.05, 3.63) is 69.1 Å². The van der Waals surface area contributed by atoms with Crippen molar-refractivity contribution < 1.29 is 14.6 Å². The third-order valence-electron chi connectivity index (χ3n) is 7.61. The monoisotopic (exact) mass is 505 g/mol. The average molecular weight is 506 g/mol. The molecule has 0 amide bonds. The Bertz CT molecular complexity index is 1360.